The van der Waals surface area contributed by atoms with Crippen LogP contribution in [0.2, 0.25) is 0 Å². The lowest BCUT2D eigenvalue weighted by Gasteiger charge is -2.41. The van der Waals surface area contributed by atoms with E-state index in [2.05, 4.69) is 30.9 Å². The van der Waals surface area contributed by atoms with Crippen LogP contribution in [0.1, 0.15) is 57.7 Å². The van der Waals surface area contributed by atoms with Gasteiger partial charge in [-0.1, -0.05) is 19.9 Å². The van der Waals surface area contributed by atoms with Crippen molar-refractivity contribution in [1.82, 2.24) is 4.90 Å². The Balaban J connectivity index is 1.84. The molecule has 2 aliphatic heterocycles. The highest BCUT2D eigenvalue weighted by atomic mass is 16.6. The van der Waals surface area contributed by atoms with Crippen LogP contribution in [-0.4, -0.2) is 56.5 Å². The van der Waals surface area contributed by atoms with Crippen molar-refractivity contribution in [1.29, 1.82) is 0 Å². The van der Waals surface area contributed by atoms with Crippen molar-refractivity contribution in [3.8, 4) is 0 Å². The zero-order valence-corrected chi connectivity index (χ0v) is 18.4. The SMILES string of the molecule is COCCN1CCC(C)(C)c2cc3c(cc21)CCN(C(=O)OC(C)(C)C)CC3. The lowest BCUT2D eigenvalue weighted by atomic mass is 9.76. The summed E-state index contributed by atoms with van der Waals surface area (Å²) < 4.78 is 10.9. The normalized spacial score (nSPS) is 18.9. The number of ether oxygens (including phenoxy) is 2. The predicted octanol–water partition coefficient (Wildman–Crippen LogP) is 4.16. The Hall–Kier alpha value is -1.75. The van der Waals surface area contributed by atoms with E-state index in [0.29, 0.717) is 13.1 Å². The van der Waals surface area contributed by atoms with E-state index in [-0.39, 0.29) is 11.5 Å². The molecule has 0 spiro atoms. The number of methoxy groups -OCH3 is 1. The number of carbonyl (C=O) groups is 1. The Kier molecular flexibility index (Phi) is 5.95. The summed E-state index contributed by atoms with van der Waals surface area (Å²) in [7, 11) is 1.76. The molecule has 0 saturated carbocycles. The number of hydrogen-bond donors (Lipinski definition) is 0. The first-order valence-corrected chi connectivity index (χ1v) is 10.5. The van der Waals surface area contributed by atoms with E-state index in [0.717, 1.165) is 39.0 Å². The number of benzene rings is 1. The largest absolute Gasteiger partial charge is 0.444 e. The van der Waals surface area contributed by atoms with Crippen LogP contribution in [0.3, 0.4) is 0 Å². The van der Waals surface area contributed by atoms with Crippen LogP contribution in [0.15, 0.2) is 12.1 Å². The highest BCUT2D eigenvalue weighted by Gasteiger charge is 2.33. The van der Waals surface area contributed by atoms with Gasteiger partial charge in [-0.3, -0.25) is 0 Å². The van der Waals surface area contributed by atoms with Crippen LogP contribution >= 0.6 is 0 Å². The van der Waals surface area contributed by atoms with E-state index in [9.17, 15) is 4.79 Å². The molecule has 5 heteroatoms. The van der Waals surface area contributed by atoms with Gasteiger partial charge in [0, 0.05) is 39.0 Å². The number of rotatable bonds is 3. The number of fused-ring (bicyclic) bond motifs is 2. The molecule has 0 atom stereocenters. The maximum atomic E-state index is 12.5. The Labute approximate surface area is 170 Å². The zero-order valence-electron chi connectivity index (χ0n) is 18.4. The topological polar surface area (TPSA) is 42.0 Å². The van der Waals surface area contributed by atoms with Crippen LogP contribution in [0.5, 0.6) is 0 Å². The molecule has 0 aromatic heterocycles. The molecule has 0 saturated heterocycles. The summed E-state index contributed by atoms with van der Waals surface area (Å²) in [4.78, 5) is 16.8. The first-order valence-electron chi connectivity index (χ1n) is 10.5. The van der Waals surface area contributed by atoms with Gasteiger partial charge in [0.15, 0.2) is 0 Å². The van der Waals surface area contributed by atoms with E-state index >= 15 is 0 Å². The molecule has 0 fully saturated rings. The molecule has 2 heterocycles. The van der Waals surface area contributed by atoms with Crippen molar-refractivity contribution in [3.05, 3.63) is 28.8 Å². The van der Waals surface area contributed by atoms with Crippen molar-refractivity contribution in [2.45, 2.75) is 64.9 Å². The van der Waals surface area contributed by atoms with Gasteiger partial charge in [0.05, 0.1) is 6.61 Å². The maximum Gasteiger partial charge on any atom is 0.410 e. The molecule has 1 aromatic rings. The second-order valence-corrected chi connectivity index (χ2v) is 9.72. The molecular weight excluding hydrogens is 352 g/mol. The first-order chi connectivity index (χ1) is 13.1. The van der Waals surface area contributed by atoms with Gasteiger partial charge in [-0.25, -0.2) is 4.79 Å². The minimum atomic E-state index is -0.457. The van der Waals surface area contributed by atoms with Crippen LogP contribution in [0, 0.1) is 0 Å². The smallest absolute Gasteiger partial charge is 0.410 e. The molecule has 3 rings (SSSR count). The fourth-order valence-corrected chi connectivity index (χ4v) is 4.18. The highest BCUT2D eigenvalue weighted by molar-refractivity contribution is 5.69. The zero-order chi connectivity index (χ0) is 20.5. The van der Waals surface area contributed by atoms with Gasteiger partial charge in [0.1, 0.15) is 5.60 Å². The number of amides is 1. The second kappa shape index (κ2) is 7.94. The van der Waals surface area contributed by atoms with Crippen LogP contribution in [-0.2, 0) is 27.7 Å². The van der Waals surface area contributed by atoms with Crippen molar-refractivity contribution >= 4 is 11.8 Å². The molecule has 156 valence electrons. The fraction of sp³-hybridized carbons (Fsp3) is 0.696. The molecule has 28 heavy (non-hydrogen) atoms. The van der Waals surface area contributed by atoms with E-state index in [1.54, 1.807) is 7.11 Å². The quantitative estimate of drug-likeness (QED) is 0.780. The van der Waals surface area contributed by atoms with Gasteiger partial charge in [-0.15, -0.1) is 0 Å². The summed E-state index contributed by atoms with van der Waals surface area (Å²) in [6, 6.07) is 4.78. The molecule has 1 amide bonds. The molecule has 5 nitrogen and oxygen atoms in total. The lowest BCUT2D eigenvalue weighted by molar-refractivity contribution is 0.0258. The molecule has 0 N–H and O–H groups in total. The molecule has 0 aliphatic carbocycles. The van der Waals surface area contributed by atoms with E-state index in [4.69, 9.17) is 9.47 Å². The van der Waals surface area contributed by atoms with Crippen LogP contribution in [0.4, 0.5) is 10.5 Å². The van der Waals surface area contributed by atoms with E-state index in [1.807, 2.05) is 25.7 Å². The highest BCUT2D eigenvalue weighted by Crippen LogP contribution is 2.41. The molecular formula is C23H36N2O3. The van der Waals surface area contributed by atoms with Gasteiger partial charge < -0.3 is 19.3 Å². The van der Waals surface area contributed by atoms with Crippen molar-refractivity contribution in [3.63, 3.8) is 0 Å². The third-order valence-corrected chi connectivity index (χ3v) is 5.91. The summed E-state index contributed by atoms with van der Waals surface area (Å²) in [6.07, 6.45) is 2.70. The molecule has 0 bridgehead atoms. The van der Waals surface area contributed by atoms with E-state index in [1.165, 1.54) is 22.4 Å². The number of nitrogens with zero attached hydrogens (tertiary/aromatic N) is 2. The summed E-state index contributed by atoms with van der Waals surface area (Å²) >= 11 is 0. The van der Waals surface area contributed by atoms with Crippen molar-refractivity contribution < 1.29 is 14.3 Å². The molecule has 2 aliphatic rings. The lowest BCUT2D eigenvalue weighted by Crippen LogP contribution is -2.39. The average molecular weight is 389 g/mol. The summed E-state index contributed by atoms with van der Waals surface area (Å²) in [6.45, 7) is 14.6. The Bertz CT molecular complexity index is 721. The van der Waals surface area contributed by atoms with Crippen LogP contribution < -0.4 is 4.90 Å². The third-order valence-electron chi connectivity index (χ3n) is 5.91. The molecule has 0 radical (unpaired) electrons. The Morgan fingerprint density at radius 2 is 1.75 bits per heavy atom. The van der Waals surface area contributed by atoms with Gasteiger partial charge in [-0.05, 0) is 68.2 Å². The molecule has 1 aromatic carbocycles. The Morgan fingerprint density at radius 1 is 1.11 bits per heavy atom. The first kappa shape index (κ1) is 21.0. The van der Waals surface area contributed by atoms with Crippen molar-refractivity contribution in [2.75, 3.05) is 44.8 Å². The van der Waals surface area contributed by atoms with Crippen LogP contribution in [0.25, 0.3) is 0 Å². The van der Waals surface area contributed by atoms with Crippen molar-refractivity contribution in [2.24, 2.45) is 0 Å². The monoisotopic (exact) mass is 388 g/mol. The summed E-state index contributed by atoms with van der Waals surface area (Å²) in [5, 5.41) is 0. The third kappa shape index (κ3) is 4.62. The van der Waals surface area contributed by atoms with Gasteiger partial charge in [0.2, 0.25) is 0 Å². The standard InChI is InChI=1S/C23H36N2O3/c1-22(2,3)28-21(26)25-10-7-17-15-19-20(16-18(17)8-11-25)24(13-14-27-6)12-9-23(19,4)5/h15-16H,7-14H2,1-6H3. The van der Waals surface area contributed by atoms with Gasteiger partial charge in [-0.2, -0.15) is 0 Å². The average Bonchev–Trinajstić information content (AvgIpc) is 2.81. The number of hydrogen-bond acceptors (Lipinski definition) is 4. The minimum absolute atomic E-state index is 0.172. The van der Waals surface area contributed by atoms with E-state index < -0.39 is 5.60 Å². The Morgan fingerprint density at radius 3 is 2.36 bits per heavy atom. The molecule has 0 unspecified atom stereocenters. The summed E-state index contributed by atoms with van der Waals surface area (Å²) in [5.41, 5.74) is 5.24. The number of anilines is 1. The predicted molar refractivity (Wildman–Crippen MR) is 113 cm³/mol. The number of carbonyl (C=O) groups excluding carboxylic acids is 1. The second-order valence-electron chi connectivity index (χ2n) is 9.72. The fourth-order valence-electron chi connectivity index (χ4n) is 4.18. The maximum absolute atomic E-state index is 12.5. The minimum Gasteiger partial charge on any atom is -0.444 e. The summed E-state index contributed by atoms with van der Waals surface area (Å²) in [5.74, 6) is 0. The van der Waals surface area contributed by atoms with Gasteiger partial charge >= 0.3 is 6.09 Å². The van der Waals surface area contributed by atoms with Gasteiger partial charge in [0.25, 0.3) is 0 Å².